The predicted octanol–water partition coefficient (Wildman–Crippen LogP) is 7.84. The van der Waals surface area contributed by atoms with Crippen molar-refractivity contribution in [1.82, 2.24) is 14.7 Å². The Kier molecular flexibility index (Phi) is 9.44. The largest absolute Gasteiger partial charge is 0.544 e. The molecule has 7 heteroatoms. The number of fused-ring (bicyclic) bond motifs is 1. The maximum absolute atomic E-state index is 6.39. The van der Waals surface area contributed by atoms with E-state index in [1.165, 1.54) is 17.0 Å². The zero-order chi connectivity index (χ0) is 28.0. The first-order valence-corrected chi connectivity index (χ1v) is 17.2. The molecule has 3 aromatic rings. The Hall–Kier alpha value is -2.77. The van der Waals surface area contributed by atoms with Crippen LogP contribution < -0.4 is 14.5 Å². The molecule has 0 saturated carbocycles. The minimum atomic E-state index is -1.83. The van der Waals surface area contributed by atoms with Crippen molar-refractivity contribution in [2.45, 2.75) is 85.1 Å². The van der Waals surface area contributed by atoms with Crippen molar-refractivity contribution in [3.8, 4) is 11.5 Å². The highest BCUT2D eigenvalue weighted by molar-refractivity contribution is 6.74. The van der Waals surface area contributed by atoms with Crippen molar-refractivity contribution in [3.05, 3.63) is 71.9 Å². The molecular formula is C32H47N4O2Si. The Bertz CT molecular complexity index is 1200. The molecule has 0 bridgehead atoms. The number of rotatable bonds is 12. The second-order valence-electron chi connectivity index (χ2n) is 12.6. The highest BCUT2D eigenvalue weighted by Crippen LogP contribution is 2.37. The van der Waals surface area contributed by atoms with Crippen molar-refractivity contribution < 1.29 is 9.16 Å². The van der Waals surface area contributed by atoms with Crippen LogP contribution in [0.3, 0.4) is 0 Å². The Labute approximate surface area is 236 Å². The lowest BCUT2D eigenvalue weighted by Gasteiger charge is -2.36. The minimum absolute atomic E-state index is 0.181. The van der Waals surface area contributed by atoms with Crippen molar-refractivity contribution in [1.29, 1.82) is 0 Å². The number of hydrogen-bond acceptors (Lipinski definition) is 5. The monoisotopic (exact) mass is 547 g/mol. The molecular weight excluding hydrogens is 500 g/mol. The van der Waals surface area contributed by atoms with Crippen molar-refractivity contribution >= 4 is 19.7 Å². The molecule has 6 nitrogen and oxygen atoms in total. The van der Waals surface area contributed by atoms with Crippen LogP contribution >= 0.6 is 0 Å². The maximum atomic E-state index is 6.39. The van der Waals surface area contributed by atoms with Crippen LogP contribution in [0.15, 0.2) is 54.9 Å². The van der Waals surface area contributed by atoms with Crippen LogP contribution in [0.4, 0.5) is 11.4 Å². The average molecular weight is 548 g/mol. The molecule has 0 unspecified atom stereocenters. The number of anilines is 2. The van der Waals surface area contributed by atoms with E-state index in [0.717, 1.165) is 74.9 Å². The zero-order valence-electron chi connectivity index (χ0n) is 25.0. The normalized spacial score (nSPS) is 14.4. The summed E-state index contributed by atoms with van der Waals surface area (Å²) in [5, 5.41) is 8.17. The third-order valence-electron chi connectivity index (χ3n) is 7.84. The van der Waals surface area contributed by atoms with Crippen molar-refractivity contribution in [2.75, 3.05) is 25.0 Å². The summed E-state index contributed by atoms with van der Waals surface area (Å²) in [6.07, 6.45) is 7.03. The Balaban J connectivity index is 1.20. The molecule has 1 aliphatic rings. The van der Waals surface area contributed by atoms with Crippen LogP contribution in [-0.4, -0.2) is 42.7 Å². The number of hydrogen-bond donors (Lipinski definition) is 1. The van der Waals surface area contributed by atoms with E-state index in [0.29, 0.717) is 0 Å². The number of aromatic nitrogens is 2. The molecule has 0 fully saturated rings. The van der Waals surface area contributed by atoms with Crippen molar-refractivity contribution in [2.24, 2.45) is 0 Å². The molecule has 1 N–H and O–H groups in total. The zero-order valence-corrected chi connectivity index (χ0v) is 26.0. The van der Waals surface area contributed by atoms with Gasteiger partial charge < -0.3 is 14.5 Å². The fraction of sp³-hybridized carbons (Fsp3) is 0.500. The SMILES string of the molecule is C[C](C)CN1CCc2c(cccc2OCCCCn2cc(Nc3ccc(O[Si](C)(C)C(C)(C)C)cc3)cn2)C1. The molecule has 0 aliphatic carbocycles. The van der Waals surface area contributed by atoms with Crippen LogP contribution in [0.25, 0.3) is 0 Å². The van der Waals surface area contributed by atoms with Crippen LogP contribution in [0, 0.1) is 5.92 Å². The fourth-order valence-electron chi connectivity index (χ4n) is 4.68. The number of ether oxygens (including phenoxy) is 1. The van der Waals surface area contributed by atoms with E-state index < -0.39 is 8.32 Å². The summed E-state index contributed by atoms with van der Waals surface area (Å²) < 4.78 is 14.6. The van der Waals surface area contributed by atoms with Crippen LogP contribution in [0.2, 0.25) is 18.1 Å². The molecule has 0 saturated heterocycles. The molecule has 1 radical (unpaired) electrons. The highest BCUT2D eigenvalue weighted by atomic mass is 28.4. The van der Waals surface area contributed by atoms with Gasteiger partial charge in [0.25, 0.3) is 0 Å². The first-order valence-electron chi connectivity index (χ1n) is 14.3. The number of aryl methyl sites for hydroxylation is 1. The van der Waals surface area contributed by atoms with Crippen LogP contribution in [0.5, 0.6) is 11.5 Å². The van der Waals surface area contributed by atoms with Gasteiger partial charge in [-0.3, -0.25) is 9.58 Å². The molecule has 39 heavy (non-hydrogen) atoms. The summed E-state index contributed by atoms with van der Waals surface area (Å²) in [6, 6.07) is 14.8. The minimum Gasteiger partial charge on any atom is -0.544 e. The van der Waals surface area contributed by atoms with Gasteiger partial charge >= 0.3 is 0 Å². The fourth-order valence-corrected chi connectivity index (χ4v) is 5.71. The van der Waals surface area contributed by atoms with Gasteiger partial charge in [0.15, 0.2) is 0 Å². The Morgan fingerprint density at radius 1 is 1.03 bits per heavy atom. The lowest BCUT2D eigenvalue weighted by atomic mass is 9.98. The van der Waals surface area contributed by atoms with Crippen LogP contribution in [0.1, 0.15) is 58.6 Å². The smallest absolute Gasteiger partial charge is 0.250 e. The predicted molar refractivity (Wildman–Crippen MR) is 165 cm³/mol. The van der Waals surface area contributed by atoms with E-state index in [-0.39, 0.29) is 5.04 Å². The van der Waals surface area contributed by atoms with E-state index in [1.807, 2.05) is 10.9 Å². The molecule has 1 aliphatic heterocycles. The molecule has 0 amide bonds. The summed E-state index contributed by atoms with van der Waals surface area (Å²) in [5.74, 6) is 3.47. The van der Waals surface area contributed by atoms with Gasteiger partial charge in [0.2, 0.25) is 8.32 Å². The Morgan fingerprint density at radius 3 is 2.51 bits per heavy atom. The van der Waals surface area contributed by atoms with E-state index in [2.05, 4.69) is 112 Å². The van der Waals surface area contributed by atoms with Gasteiger partial charge in [-0.15, -0.1) is 0 Å². The number of benzene rings is 2. The lowest BCUT2D eigenvalue weighted by molar-refractivity contribution is 0.254. The van der Waals surface area contributed by atoms with Gasteiger partial charge in [0.1, 0.15) is 11.5 Å². The van der Waals surface area contributed by atoms with Gasteiger partial charge in [-0.2, -0.15) is 5.10 Å². The average Bonchev–Trinajstić information content (AvgIpc) is 3.31. The molecule has 4 rings (SSSR count). The van der Waals surface area contributed by atoms with E-state index in [9.17, 15) is 0 Å². The van der Waals surface area contributed by atoms with Gasteiger partial charge in [-0.05, 0) is 84.8 Å². The molecule has 2 aromatic carbocycles. The molecule has 211 valence electrons. The summed E-state index contributed by atoms with van der Waals surface area (Å²) in [6.45, 7) is 20.5. The van der Waals surface area contributed by atoms with Crippen molar-refractivity contribution in [3.63, 3.8) is 0 Å². The standard InChI is InChI=1S/C32H47N4O2Si/c1-25(2)22-35-19-17-30-26(23-35)11-10-12-31(30)37-20-9-8-18-36-24-28(21-33-36)34-27-13-15-29(16-14-27)38-39(6,7)32(3,4)5/h10-16,21,24,34H,8-9,17-20,22-23H2,1-7H3. The first-order chi connectivity index (χ1) is 18.5. The van der Waals surface area contributed by atoms with Gasteiger partial charge in [-0.1, -0.05) is 46.8 Å². The second kappa shape index (κ2) is 12.6. The van der Waals surface area contributed by atoms with E-state index >= 15 is 0 Å². The number of unbranched alkanes of at least 4 members (excludes halogenated alkanes) is 1. The molecule has 1 aromatic heterocycles. The van der Waals surface area contributed by atoms with Gasteiger partial charge in [0.05, 0.1) is 18.5 Å². The summed E-state index contributed by atoms with van der Waals surface area (Å²) in [4.78, 5) is 2.52. The number of nitrogens with zero attached hydrogens (tertiary/aromatic N) is 3. The topological polar surface area (TPSA) is 51.5 Å². The highest BCUT2D eigenvalue weighted by Gasteiger charge is 2.38. The summed E-state index contributed by atoms with van der Waals surface area (Å²) in [7, 11) is -1.83. The van der Waals surface area contributed by atoms with Gasteiger partial charge in [-0.25, -0.2) is 0 Å². The second-order valence-corrected chi connectivity index (χ2v) is 17.3. The third-order valence-corrected chi connectivity index (χ3v) is 12.2. The van der Waals surface area contributed by atoms with E-state index in [1.54, 1.807) is 0 Å². The lowest BCUT2D eigenvalue weighted by Crippen LogP contribution is -2.43. The third kappa shape index (κ3) is 8.12. The molecule has 0 atom stereocenters. The first kappa shape index (κ1) is 29.2. The molecule has 2 heterocycles. The molecule has 0 spiro atoms. The summed E-state index contributed by atoms with van der Waals surface area (Å²) in [5.41, 5.74) is 4.83. The maximum Gasteiger partial charge on any atom is 0.250 e. The quantitative estimate of drug-likeness (QED) is 0.185. The van der Waals surface area contributed by atoms with Crippen LogP contribution in [-0.2, 0) is 19.5 Å². The van der Waals surface area contributed by atoms with E-state index in [4.69, 9.17) is 9.16 Å². The number of nitrogens with one attached hydrogen (secondary N) is 1. The summed E-state index contributed by atoms with van der Waals surface area (Å²) >= 11 is 0. The Morgan fingerprint density at radius 2 is 1.79 bits per heavy atom. The van der Waals surface area contributed by atoms with Gasteiger partial charge in [0, 0.05) is 38.1 Å².